The van der Waals surface area contributed by atoms with Crippen LogP contribution in [-0.2, 0) is 27.3 Å². The van der Waals surface area contributed by atoms with Gasteiger partial charge < -0.3 is 19.8 Å². The Morgan fingerprint density at radius 2 is 2.03 bits per heavy atom. The van der Waals surface area contributed by atoms with E-state index in [-0.39, 0.29) is 37.8 Å². The number of ether oxygens (including phenoxy) is 1. The van der Waals surface area contributed by atoms with Crippen LogP contribution in [0.4, 0.5) is 0 Å². The van der Waals surface area contributed by atoms with Crippen LogP contribution in [0.5, 0.6) is 11.5 Å². The first kappa shape index (κ1) is 22.3. The van der Waals surface area contributed by atoms with E-state index in [1.807, 2.05) is 30.3 Å². The normalized spacial score (nSPS) is 16.8. The second kappa shape index (κ2) is 10.1. The van der Waals surface area contributed by atoms with Gasteiger partial charge in [-0.05, 0) is 24.1 Å². The third kappa shape index (κ3) is 5.21. The van der Waals surface area contributed by atoms with Gasteiger partial charge in [0.15, 0.2) is 0 Å². The van der Waals surface area contributed by atoms with Crippen LogP contribution >= 0.6 is 0 Å². The summed E-state index contributed by atoms with van der Waals surface area (Å²) in [6.07, 6.45) is 0.756. The van der Waals surface area contributed by atoms with Crippen molar-refractivity contribution >= 4 is 18.2 Å². The Labute approximate surface area is 180 Å². The molecule has 1 aliphatic heterocycles. The minimum Gasteiger partial charge on any atom is -0.508 e. The Balaban J connectivity index is 1.70. The second-order valence-electron chi connectivity index (χ2n) is 7.55. The van der Waals surface area contributed by atoms with Crippen molar-refractivity contribution in [2.24, 2.45) is 5.92 Å². The molecular formula is C23H26N2O6. The molecule has 0 radical (unpaired) electrons. The fraction of sp³-hybridized carbons (Fsp3) is 0.348. The van der Waals surface area contributed by atoms with Gasteiger partial charge in [-0.3, -0.25) is 19.3 Å². The third-order valence-electron chi connectivity index (χ3n) is 5.48. The van der Waals surface area contributed by atoms with Crippen LogP contribution in [-0.4, -0.2) is 64.5 Å². The van der Waals surface area contributed by atoms with Crippen molar-refractivity contribution in [2.75, 3.05) is 20.3 Å². The molecule has 8 heteroatoms. The van der Waals surface area contributed by atoms with Gasteiger partial charge in [-0.2, -0.15) is 0 Å². The van der Waals surface area contributed by atoms with E-state index < -0.39 is 17.9 Å². The zero-order chi connectivity index (χ0) is 22.4. The molecule has 0 aliphatic carbocycles. The van der Waals surface area contributed by atoms with Crippen LogP contribution in [0.2, 0.25) is 0 Å². The zero-order valence-electron chi connectivity index (χ0n) is 17.3. The van der Waals surface area contributed by atoms with Gasteiger partial charge >= 0.3 is 0 Å². The van der Waals surface area contributed by atoms with E-state index in [0.717, 1.165) is 10.5 Å². The van der Waals surface area contributed by atoms with Gasteiger partial charge in [0.25, 0.3) is 0 Å². The number of aliphatic hydroxyl groups is 1. The predicted molar refractivity (Wildman–Crippen MR) is 112 cm³/mol. The highest BCUT2D eigenvalue weighted by molar-refractivity contribution is 5.94. The number of rotatable bonds is 9. The van der Waals surface area contributed by atoms with Crippen molar-refractivity contribution in [3.63, 3.8) is 0 Å². The van der Waals surface area contributed by atoms with Crippen LogP contribution in [0.25, 0.3) is 0 Å². The molecule has 1 fully saturated rings. The number of hydrogen-bond donors (Lipinski definition) is 2. The summed E-state index contributed by atoms with van der Waals surface area (Å²) in [5.41, 5.74) is 1.59. The smallest absolute Gasteiger partial charge is 0.234 e. The molecule has 2 atom stereocenters. The molecule has 31 heavy (non-hydrogen) atoms. The lowest BCUT2D eigenvalue weighted by molar-refractivity contribution is -0.145. The highest BCUT2D eigenvalue weighted by atomic mass is 16.5. The molecule has 0 spiro atoms. The molecule has 3 amide bonds. The Morgan fingerprint density at radius 3 is 2.68 bits per heavy atom. The zero-order valence-corrected chi connectivity index (χ0v) is 17.3. The number of benzene rings is 2. The average molecular weight is 426 g/mol. The topological polar surface area (TPSA) is 107 Å². The summed E-state index contributed by atoms with van der Waals surface area (Å²) in [6, 6.07) is 13.2. The molecule has 1 aliphatic rings. The Hall–Kier alpha value is -3.39. The first-order valence-electron chi connectivity index (χ1n) is 10.0. The minimum absolute atomic E-state index is 0.00689. The summed E-state index contributed by atoms with van der Waals surface area (Å²) in [7, 11) is 1.47. The van der Waals surface area contributed by atoms with Crippen molar-refractivity contribution in [1.82, 2.24) is 9.80 Å². The van der Waals surface area contributed by atoms with Gasteiger partial charge in [0.05, 0.1) is 25.7 Å². The van der Waals surface area contributed by atoms with E-state index in [2.05, 4.69) is 0 Å². The molecule has 0 saturated carbocycles. The number of aliphatic hydroxyl groups excluding tert-OH is 1. The van der Waals surface area contributed by atoms with Crippen molar-refractivity contribution in [3.8, 4) is 11.5 Å². The summed E-state index contributed by atoms with van der Waals surface area (Å²) in [5.74, 6) is -0.858. The maximum atomic E-state index is 13.0. The molecule has 3 rings (SSSR count). The Kier molecular flexibility index (Phi) is 7.25. The van der Waals surface area contributed by atoms with Crippen LogP contribution in [0.3, 0.4) is 0 Å². The second-order valence-corrected chi connectivity index (χ2v) is 7.55. The van der Waals surface area contributed by atoms with E-state index >= 15 is 0 Å². The van der Waals surface area contributed by atoms with Crippen molar-refractivity contribution in [1.29, 1.82) is 0 Å². The number of amides is 3. The number of hydrogen-bond acceptors (Lipinski definition) is 6. The van der Waals surface area contributed by atoms with Crippen molar-refractivity contribution < 1.29 is 29.3 Å². The molecule has 0 aromatic heterocycles. The van der Waals surface area contributed by atoms with E-state index in [1.165, 1.54) is 24.1 Å². The molecule has 164 valence electrons. The number of carbonyl (C=O) groups excluding carboxylic acids is 3. The van der Waals surface area contributed by atoms with Gasteiger partial charge in [-0.1, -0.05) is 30.3 Å². The van der Waals surface area contributed by atoms with Gasteiger partial charge in [-0.25, -0.2) is 0 Å². The maximum absolute atomic E-state index is 13.0. The highest BCUT2D eigenvalue weighted by Crippen LogP contribution is 2.28. The quantitative estimate of drug-likeness (QED) is 0.586. The van der Waals surface area contributed by atoms with Gasteiger partial charge in [0.2, 0.25) is 18.2 Å². The number of nitrogens with zero attached hydrogens (tertiary/aromatic N) is 2. The summed E-state index contributed by atoms with van der Waals surface area (Å²) >= 11 is 0. The van der Waals surface area contributed by atoms with Crippen LogP contribution < -0.4 is 4.74 Å². The molecule has 8 nitrogen and oxygen atoms in total. The third-order valence-corrected chi connectivity index (χ3v) is 5.48. The summed E-state index contributed by atoms with van der Waals surface area (Å²) in [4.78, 5) is 39.8. The summed E-state index contributed by atoms with van der Waals surface area (Å²) < 4.78 is 5.26. The van der Waals surface area contributed by atoms with E-state index in [0.29, 0.717) is 24.1 Å². The lowest BCUT2D eigenvalue weighted by Crippen LogP contribution is -2.46. The van der Waals surface area contributed by atoms with E-state index in [9.17, 15) is 24.6 Å². The molecular weight excluding hydrogens is 400 g/mol. The Morgan fingerprint density at radius 1 is 1.29 bits per heavy atom. The molecule has 2 aromatic carbocycles. The first-order valence-corrected chi connectivity index (χ1v) is 10.0. The van der Waals surface area contributed by atoms with Crippen LogP contribution in [0.15, 0.2) is 48.5 Å². The van der Waals surface area contributed by atoms with Crippen LogP contribution in [0.1, 0.15) is 17.5 Å². The predicted octanol–water partition coefficient (Wildman–Crippen LogP) is 1.34. The fourth-order valence-corrected chi connectivity index (χ4v) is 3.83. The average Bonchev–Trinajstić information content (AvgIpc) is 3.15. The largest absolute Gasteiger partial charge is 0.508 e. The fourth-order valence-electron chi connectivity index (χ4n) is 3.83. The number of carbonyl (C=O) groups is 3. The van der Waals surface area contributed by atoms with E-state index in [4.69, 9.17) is 4.74 Å². The number of aromatic hydroxyl groups is 1. The molecule has 2 aromatic rings. The lowest BCUT2D eigenvalue weighted by Gasteiger charge is -2.27. The highest BCUT2D eigenvalue weighted by Gasteiger charge is 2.38. The number of methoxy groups -OCH3 is 1. The minimum atomic E-state index is -0.700. The monoisotopic (exact) mass is 426 g/mol. The lowest BCUT2D eigenvalue weighted by atomic mass is 10.0. The summed E-state index contributed by atoms with van der Waals surface area (Å²) in [5, 5.41) is 19.4. The maximum Gasteiger partial charge on any atom is 0.234 e. The van der Waals surface area contributed by atoms with E-state index in [1.54, 1.807) is 6.07 Å². The van der Waals surface area contributed by atoms with Crippen LogP contribution in [0, 0.1) is 5.92 Å². The van der Waals surface area contributed by atoms with Crippen molar-refractivity contribution in [2.45, 2.75) is 25.4 Å². The van der Waals surface area contributed by atoms with Gasteiger partial charge in [0, 0.05) is 31.1 Å². The number of phenolic OH excluding ortho intramolecular Hbond substituents is 1. The standard InChI is InChI=1S/C23H26N2O6/c1-31-21-11-20(28)8-7-17(21)12-24-13-18(10-22(24)29)23(30)25(15-27)19(14-26)9-16-5-3-2-4-6-16/h2-8,11,15,18-19,26,28H,9-10,12-14H2,1H3/t18-,19?/m0/s1. The number of likely N-dealkylation sites (tertiary alicyclic amines) is 1. The van der Waals surface area contributed by atoms with Gasteiger partial charge in [0.1, 0.15) is 11.5 Å². The molecule has 1 unspecified atom stereocenters. The first-order chi connectivity index (χ1) is 15.0. The SMILES string of the molecule is COc1cc(O)ccc1CN1C[C@@H](C(=O)N(C=O)C(CO)Cc2ccccc2)CC1=O. The molecule has 0 bridgehead atoms. The molecule has 1 heterocycles. The van der Waals surface area contributed by atoms with Crippen molar-refractivity contribution in [3.05, 3.63) is 59.7 Å². The molecule has 1 saturated heterocycles. The number of phenols is 1. The molecule has 2 N–H and O–H groups in total. The Bertz CT molecular complexity index is 933. The number of imide groups is 1. The van der Waals surface area contributed by atoms with Gasteiger partial charge in [-0.15, -0.1) is 0 Å². The summed E-state index contributed by atoms with van der Waals surface area (Å²) in [6.45, 7) is 0.0184.